The average molecular weight is 188 g/mol. The zero-order valence-corrected chi connectivity index (χ0v) is 8.03. The highest BCUT2D eigenvalue weighted by molar-refractivity contribution is 5.39. The van der Waals surface area contributed by atoms with Crippen molar-refractivity contribution in [3.8, 4) is 17.6 Å². The van der Waals surface area contributed by atoms with E-state index in [9.17, 15) is 0 Å². The molecule has 72 valence electrons. The summed E-state index contributed by atoms with van der Waals surface area (Å²) in [4.78, 5) is 0. The zero-order chi connectivity index (χ0) is 10.2. The quantitative estimate of drug-likeness (QED) is 0.714. The number of benzene rings is 1. The van der Waals surface area contributed by atoms with Crippen molar-refractivity contribution in [3.05, 3.63) is 42.0 Å². The molecule has 0 aliphatic heterocycles. The Balaban J connectivity index is 2.66. The summed E-state index contributed by atoms with van der Waals surface area (Å²) in [7, 11) is 1.63. The van der Waals surface area contributed by atoms with E-state index in [1.807, 2.05) is 24.3 Å². The standard InChI is InChI=1S/C12H12O2/c1-14-12-8-6-11(7-9-12)5-3-2-4-10-13/h2,4,6-9,13H,10H2,1H3/b4-2-. The van der Waals surface area contributed by atoms with Gasteiger partial charge in [-0.25, -0.2) is 0 Å². The lowest BCUT2D eigenvalue weighted by atomic mass is 10.2. The van der Waals surface area contributed by atoms with Gasteiger partial charge >= 0.3 is 0 Å². The van der Waals surface area contributed by atoms with Crippen LogP contribution < -0.4 is 4.74 Å². The fourth-order valence-corrected chi connectivity index (χ4v) is 0.911. The molecule has 0 saturated heterocycles. The molecule has 2 nitrogen and oxygen atoms in total. The summed E-state index contributed by atoms with van der Waals surface area (Å²) in [6.45, 7) is 0.0251. The Hall–Kier alpha value is -1.72. The molecule has 0 unspecified atom stereocenters. The number of hydrogen-bond donors (Lipinski definition) is 1. The van der Waals surface area contributed by atoms with Crippen LogP contribution in [0.4, 0.5) is 0 Å². The normalized spacial score (nSPS) is 9.57. The van der Waals surface area contributed by atoms with Crippen LogP contribution in [0.1, 0.15) is 5.56 Å². The molecule has 0 radical (unpaired) electrons. The Morgan fingerprint density at radius 3 is 2.64 bits per heavy atom. The summed E-state index contributed by atoms with van der Waals surface area (Å²) in [6.07, 6.45) is 3.22. The van der Waals surface area contributed by atoms with Gasteiger partial charge in [-0.15, -0.1) is 0 Å². The third-order valence-electron chi connectivity index (χ3n) is 1.61. The van der Waals surface area contributed by atoms with Gasteiger partial charge in [0.05, 0.1) is 13.7 Å². The van der Waals surface area contributed by atoms with Crippen LogP contribution in [-0.4, -0.2) is 18.8 Å². The van der Waals surface area contributed by atoms with Crippen LogP contribution in [0.5, 0.6) is 5.75 Å². The van der Waals surface area contributed by atoms with Crippen LogP contribution in [0.25, 0.3) is 0 Å². The van der Waals surface area contributed by atoms with Gasteiger partial charge in [0.1, 0.15) is 5.75 Å². The molecule has 0 amide bonds. The van der Waals surface area contributed by atoms with Crippen LogP contribution >= 0.6 is 0 Å². The van der Waals surface area contributed by atoms with Gasteiger partial charge in [0, 0.05) is 5.56 Å². The second-order valence-electron chi connectivity index (χ2n) is 2.58. The summed E-state index contributed by atoms with van der Waals surface area (Å²) in [6, 6.07) is 7.50. The molecule has 0 saturated carbocycles. The van der Waals surface area contributed by atoms with Crippen molar-refractivity contribution in [1.82, 2.24) is 0 Å². The van der Waals surface area contributed by atoms with Gasteiger partial charge in [-0.1, -0.05) is 17.9 Å². The lowest BCUT2D eigenvalue weighted by Gasteiger charge is -1.97. The van der Waals surface area contributed by atoms with Gasteiger partial charge < -0.3 is 9.84 Å². The average Bonchev–Trinajstić information content (AvgIpc) is 2.25. The predicted molar refractivity (Wildman–Crippen MR) is 56.1 cm³/mol. The number of allylic oxidation sites excluding steroid dienone is 1. The van der Waals surface area contributed by atoms with Gasteiger partial charge in [-0.2, -0.15) is 0 Å². The molecule has 0 heterocycles. The minimum absolute atomic E-state index is 0.0251. The van der Waals surface area contributed by atoms with Crippen LogP contribution in [0.3, 0.4) is 0 Å². The first-order chi connectivity index (χ1) is 6.86. The first-order valence-electron chi connectivity index (χ1n) is 4.28. The second kappa shape index (κ2) is 5.85. The summed E-state index contributed by atoms with van der Waals surface area (Å²) in [5.41, 5.74) is 0.924. The van der Waals surface area contributed by atoms with Crippen LogP contribution in [0.15, 0.2) is 36.4 Å². The Morgan fingerprint density at radius 1 is 1.36 bits per heavy atom. The predicted octanol–water partition coefficient (Wildman–Crippen LogP) is 1.60. The van der Waals surface area contributed by atoms with Gasteiger partial charge in [0.25, 0.3) is 0 Å². The van der Waals surface area contributed by atoms with E-state index in [1.54, 1.807) is 19.3 Å². The molecule has 0 atom stereocenters. The minimum Gasteiger partial charge on any atom is -0.497 e. The molecule has 0 aromatic heterocycles. The molecular formula is C12H12O2. The Kier molecular flexibility index (Phi) is 4.33. The molecule has 14 heavy (non-hydrogen) atoms. The molecule has 0 aliphatic carbocycles. The molecule has 0 spiro atoms. The van der Waals surface area contributed by atoms with E-state index in [1.165, 1.54) is 0 Å². The van der Waals surface area contributed by atoms with E-state index in [2.05, 4.69) is 11.8 Å². The van der Waals surface area contributed by atoms with E-state index in [0.29, 0.717) is 0 Å². The first-order valence-corrected chi connectivity index (χ1v) is 4.28. The molecule has 2 heteroatoms. The van der Waals surface area contributed by atoms with Crippen LogP contribution in [0, 0.1) is 11.8 Å². The lowest BCUT2D eigenvalue weighted by molar-refractivity contribution is 0.343. The summed E-state index contributed by atoms with van der Waals surface area (Å²) in [5, 5.41) is 8.46. The number of rotatable bonds is 2. The van der Waals surface area contributed by atoms with Crippen molar-refractivity contribution in [1.29, 1.82) is 0 Å². The van der Waals surface area contributed by atoms with E-state index < -0.39 is 0 Å². The molecule has 0 fully saturated rings. The zero-order valence-electron chi connectivity index (χ0n) is 8.03. The maximum absolute atomic E-state index is 8.46. The van der Waals surface area contributed by atoms with E-state index in [0.717, 1.165) is 11.3 Å². The third kappa shape index (κ3) is 3.34. The van der Waals surface area contributed by atoms with Crippen molar-refractivity contribution in [2.75, 3.05) is 13.7 Å². The maximum atomic E-state index is 8.46. The molecule has 1 aromatic carbocycles. The molecule has 1 aromatic rings. The minimum atomic E-state index is 0.0251. The fraction of sp³-hybridized carbons (Fsp3) is 0.167. The van der Waals surface area contributed by atoms with E-state index in [4.69, 9.17) is 9.84 Å². The number of ether oxygens (including phenoxy) is 1. The number of methoxy groups -OCH3 is 1. The largest absolute Gasteiger partial charge is 0.497 e. The lowest BCUT2D eigenvalue weighted by Crippen LogP contribution is -1.81. The van der Waals surface area contributed by atoms with Crippen molar-refractivity contribution in [3.63, 3.8) is 0 Å². The topological polar surface area (TPSA) is 29.5 Å². The molecular weight excluding hydrogens is 176 g/mol. The van der Waals surface area contributed by atoms with Crippen LogP contribution in [0.2, 0.25) is 0 Å². The molecule has 0 bridgehead atoms. The fourth-order valence-electron chi connectivity index (χ4n) is 0.911. The Bertz CT molecular complexity index is 352. The Labute approximate surface area is 83.8 Å². The number of hydrogen-bond acceptors (Lipinski definition) is 2. The summed E-state index contributed by atoms with van der Waals surface area (Å²) >= 11 is 0. The van der Waals surface area contributed by atoms with Gasteiger partial charge in [-0.3, -0.25) is 0 Å². The van der Waals surface area contributed by atoms with Crippen molar-refractivity contribution in [2.45, 2.75) is 0 Å². The molecule has 0 aliphatic rings. The van der Waals surface area contributed by atoms with Crippen molar-refractivity contribution in [2.24, 2.45) is 0 Å². The van der Waals surface area contributed by atoms with Gasteiger partial charge in [0.2, 0.25) is 0 Å². The maximum Gasteiger partial charge on any atom is 0.118 e. The molecule has 1 N–H and O–H groups in total. The highest BCUT2D eigenvalue weighted by Crippen LogP contribution is 2.09. The highest BCUT2D eigenvalue weighted by atomic mass is 16.5. The van der Waals surface area contributed by atoms with Gasteiger partial charge in [0.15, 0.2) is 0 Å². The summed E-state index contributed by atoms with van der Waals surface area (Å²) < 4.78 is 5.02. The molecule has 1 rings (SSSR count). The SMILES string of the molecule is COc1ccc(C#C/C=C\CO)cc1. The van der Waals surface area contributed by atoms with Crippen molar-refractivity contribution >= 4 is 0 Å². The third-order valence-corrected chi connectivity index (χ3v) is 1.61. The highest BCUT2D eigenvalue weighted by Gasteiger charge is 1.88. The van der Waals surface area contributed by atoms with Crippen LogP contribution in [-0.2, 0) is 0 Å². The van der Waals surface area contributed by atoms with Gasteiger partial charge in [-0.05, 0) is 30.3 Å². The van der Waals surface area contributed by atoms with Crippen molar-refractivity contribution < 1.29 is 9.84 Å². The number of aliphatic hydroxyl groups excluding tert-OH is 1. The first kappa shape index (κ1) is 10.4. The summed E-state index contributed by atoms with van der Waals surface area (Å²) in [5.74, 6) is 6.56. The number of aliphatic hydroxyl groups is 1. The van der Waals surface area contributed by atoms with E-state index >= 15 is 0 Å². The monoisotopic (exact) mass is 188 g/mol. The smallest absolute Gasteiger partial charge is 0.118 e. The Morgan fingerprint density at radius 2 is 2.07 bits per heavy atom. The van der Waals surface area contributed by atoms with E-state index in [-0.39, 0.29) is 6.61 Å². The second-order valence-corrected chi connectivity index (χ2v) is 2.58.